The maximum atomic E-state index is 13.9. The van der Waals surface area contributed by atoms with Gasteiger partial charge in [-0.25, -0.2) is 13.8 Å². The van der Waals surface area contributed by atoms with Crippen LogP contribution >= 0.6 is 0 Å². The zero-order valence-electron chi connectivity index (χ0n) is 18.5. The number of aromatic amines is 1. The van der Waals surface area contributed by atoms with Crippen LogP contribution in [0.3, 0.4) is 0 Å². The minimum atomic E-state index is -0.953. The zero-order valence-corrected chi connectivity index (χ0v) is 18.5. The van der Waals surface area contributed by atoms with Gasteiger partial charge in [0.05, 0.1) is 12.5 Å². The highest BCUT2D eigenvalue weighted by molar-refractivity contribution is 5.98. The van der Waals surface area contributed by atoms with Crippen molar-refractivity contribution in [1.29, 1.82) is 0 Å². The molecule has 1 N–H and O–H groups in total. The van der Waals surface area contributed by atoms with E-state index in [-0.39, 0.29) is 47.5 Å². The van der Waals surface area contributed by atoms with Gasteiger partial charge in [-0.1, -0.05) is 0 Å². The van der Waals surface area contributed by atoms with E-state index in [1.807, 2.05) is 0 Å². The molecule has 3 aromatic rings. The van der Waals surface area contributed by atoms with E-state index in [0.717, 1.165) is 6.07 Å². The van der Waals surface area contributed by atoms with Crippen molar-refractivity contribution in [2.45, 2.75) is 19.4 Å². The Morgan fingerprint density at radius 3 is 2.53 bits per heavy atom. The third-order valence-electron chi connectivity index (χ3n) is 5.83. The Bertz CT molecular complexity index is 1270. The molecule has 0 atom stereocenters. The van der Waals surface area contributed by atoms with Gasteiger partial charge in [0, 0.05) is 30.6 Å². The topological polar surface area (TPSA) is 102 Å². The Hall–Kier alpha value is -3.66. The SMILES string of the molecule is COc1ccc(C(=O)C2CCN(C(=O)COCc3nc4c(F)cc(F)cc4c(=O)[nH]3)CC2)cc1. The summed E-state index contributed by atoms with van der Waals surface area (Å²) in [5.41, 5.74) is -0.347. The molecule has 1 aromatic heterocycles. The number of piperidine rings is 1. The Morgan fingerprint density at radius 2 is 1.85 bits per heavy atom. The van der Waals surface area contributed by atoms with Crippen LogP contribution in [0.5, 0.6) is 5.75 Å². The number of hydrogen-bond donors (Lipinski definition) is 1. The molecule has 0 saturated carbocycles. The first kappa shape index (κ1) is 23.5. The minimum absolute atomic E-state index is 0.0274. The second-order valence-electron chi connectivity index (χ2n) is 8.04. The van der Waals surface area contributed by atoms with Gasteiger partial charge in [0.15, 0.2) is 11.6 Å². The summed E-state index contributed by atoms with van der Waals surface area (Å²) in [6.07, 6.45) is 1.10. The van der Waals surface area contributed by atoms with Crippen LogP contribution in [-0.2, 0) is 16.1 Å². The van der Waals surface area contributed by atoms with Gasteiger partial charge < -0.3 is 19.4 Å². The summed E-state index contributed by atoms with van der Waals surface area (Å²) < 4.78 is 37.7. The highest BCUT2D eigenvalue weighted by Gasteiger charge is 2.28. The molecule has 1 saturated heterocycles. The summed E-state index contributed by atoms with van der Waals surface area (Å²) in [7, 11) is 1.56. The molecule has 1 fully saturated rings. The number of aromatic nitrogens is 2. The lowest BCUT2D eigenvalue weighted by atomic mass is 9.89. The van der Waals surface area contributed by atoms with Crippen LogP contribution in [0.1, 0.15) is 29.0 Å². The molecule has 178 valence electrons. The molecule has 0 aliphatic carbocycles. The number of rotatable bonds is 7. The van der Waals surface area contributed by atoms with Gasteiger partial charge >= 0.3 is 0 Å². The molecule has 0 bridgehead atoms. The van der Waals surface area contributed by atoms with E-state index in [4.69, 9.17) is 9.47 Å². The number of ether oxygens (including phenoxy) is 2. The third kappa shape index (κ3) is 5.12. The maximum Gasteiger partial charge on any atom is 0.259 e. The number of benzene rings is 2. The number of Topliss-reactive ketones (excluding diaryl/α,β-unsaturated/α-hetero) is 1. The normalized spacial score (nSPS) is 14.4. The van der Waals surface area contributed by atoms with E-state index < -0.39 is 17.2 Å². The lowest BCUT2D eigenvalue weighted by Crippen LogP contribution is -2.42. The lowest BCUT2D eigenvalue weighted by molar-refractivity contribution is -0.137. The maximum absolute atomic E-state index is 13.9. The van der Waals surface area contributed by atoms with Gasteiger partial charge in [-0.05, 0) is 43.2 Å². The van der Waals surface area contributed by atoms with E-state index >= 15 is 0 Å². The number of methoxy groups -OCH3 is 1. The number of ketones is 1. The van der Waals surface area contributed by atoms with E-state index in [2.05, 4.69) is 9.97 Å². The number of halogens is 2. The van der Waals surface area contributed by atoms with Crippen molar-refractivity contribution in [1.82, 2.24) is 14.9 Å². The standard InChI is InChI=1S/C24H23F2N3O5/c1-33-17-4-2-14(3-5-17)23(31)15-6-8-29(9-7-15)21(30)13-34-12-20-27-22-18(24(32)28-20)10-16(25)11-19(22)26/h2-5,10-11,15H,6-9,12-13H2,1H3,(H,27,28,32). The molecular formula is C24H23F2N3O5. The number of hydrogen-bond acceptors (Lipinski definition) is 6. The van der Waals surface area contributed by atoms with Crippen molar-refractivity contribution in [3.63, 3.8) is 0 Å². The van der Waals surface area contributed by atoms with E-state index in [1.54, 1.807) is 36.3 Å². The Kier molecular flexibility index (Phi) is 6.97. The molecule has 0 unspecified atom stereocenters. The summed E-state index contributed by atoms with van der Waals surface area (Å²) in [6.45, 7) is 0.373. The Labute approximate surface area is 193 Å². The fraction of sp³-hybridized carbons (Fsp3) is 0.333. The average molecular weight is 471 g/mol. The average Bonchev–Trinajstić information content (AvgIpc) is 2.84. The summed E-state index contributed by atoms with van der Waals surface area (Å²) in [6, 6.07) is 8.51. The molecule has 34 heavy (non-hydrogen) atoms. The van der Waals surface area contributed by atoms with E-state index in [9.17, 15) is 23.2 Å². The van der Waals surface area contributed by atoms with Crippen LogP contribution in [0.25, 0.3) is 10.9 Å². The largest absolute Gasteiger partial charge is 0.497 e. The third-order valence-corrected chi connectivity index (χ3v) is 5.83. The molecule has 2 heterocycles. The molecule has 0 spiro atoms. The van der Waals surface area contributed by atoms with Crippen LogP contribution in [-0.4, -0.2) is 53.4 Å². The van der Waals surface area contributed by atoms with Crippen molar-refractivity contribution < 1.29 is 27.8 Å². The molecule has 1 aliphatic heterocycles. The van der Waals surface area contributed by atoms with Crippen molar-refractivity contribution >= 4 is 22.6 Å². The first-order valence-corrected chi connectivity index (χ1v) is 10.8. The second-order valence-corrected chi connectivity index (χ2v) is 8.04. The molecule has 2 aromatic carbocycles. The van der Waals surface area contributed by atoms with Crippen molar-refractivity contribution in [2.24, 2.45) is 5.92 Å². The lowest BCUT2D eigenvalue weighted by Gasteiger charge is -2.31. The van der Waals surface area contributed by atoms with Crippen LogP contribution in [0.15, 0.2) is 41.2 Å². The molecule has 4 rings (SSSR count). The summed E-state index contributed by atoms with van der Waals surface area (Å²) in [5, 5.41) is -0.204. The number of likely N-dealkylation sites (tertiary alicyclic amines) is 1. The minimum Gasteiger partial charge on any atom is -0.497 e. The number of nitrogens with one attached hydrogen (secondary N) is 1. The highest BCUT2D eigenvalue weighted by Crippen LogP contribution is 2.23. The summed E-state index contributed by atoms with van der Waals surface area (Å²) >= 11 is 0. The van der Waals surface area contributed by atoms with Crippen molar-refractivity contribution in [3.8, 4) is 5.75 Å². The van der Waals surface area contributed by atoms with Gasteiger partial charge in [-0.15, -0.1) is 0 Å². The molecule has 1 amide bonds. The van der Waals surface area contributed by atoms with Crippen LogP contribution < -0.4 is 10.3 Å². The quantitative estimate of drug-likeness (QED) is 0.532. The monoisotopic (exact) mass is 471 g/mol. The Morgan fingerprint density at radius 1 is 1.15 bits per heavy atom. The van der Waals surface area contributed by atoms with E-state index in [1.165, 1.54) is 0 Å². The fourth-order valence-electron chi connectivity index (χ4n) is 3.99. The predicted molar refractivity (Wildman–Crippen MR) is 119 cm³/mol. The molecule has 8 nitrogen and oxygen atoms in total. The first-order valence-electron chi connectivity index (χ1n) is 10.8. The number of carbonyl (C=O) groups excluding carboxylic acids is 2. The number of fused-ring (bicyclic) bond motifs is 1. The molecular weight excluding hydrogens is 448 g/mol. The van der Waals surface area contributed by atoms with Crippen LogP contribution in [0.4, 0.5) is 8.78 Å². The van der Waals surface area contributed by atoms with Gasteiger partial charge in [0.2, 0.25) is 5.91 Å². The first-order chi connectivity index (χ1) is 16.4. The highest BCUT2D eigenvalue weighted by atomic mass is 19.1. The zero-order chi connectivity index (χ0) is 24.2. The van der Waals surface area contributed by atoms with Crippen LogP contribution in [0.2, 0.25) is 0 Å². The van der Waals surface area contributed by atoms with Gasteiger partial charge in [-0.2, -0.15) is 0 Å². The van der Waals surface area contributed by atoms with Crippen molar-refractivity contribution in [3.05, 3.63) is 69.8 Å². The molecule has 0 radical (unpaired) electrons. The number of carbonyl (C=O) groups is 2. The Balaban J connectivity index is 1.28. The fourth-order valence-corrected chi connectivity index (χ4v) is 3.99. The van der Waals surface area contributed by atoms with Gasteiger partial charge in [-0.3, -0.25) is 14.4 Å². The number of nitrogens with zero attached hydrogens (tertiary/aromatic N) is 2. The second kappa shape index (κ2) is 10.1. The smallest absolute Gasteiger partial charge is 0.259 e. The number of amides is 1. The van der Waals surface area contributed by atoms with Crippen molar-refractivity contribution in [2.75, 3.05) is 26.8 Å². The van der Waals surface area contributed by atoms with Gasteiger partial charge in [0.1, 0.15) is 36.1 Å². The predicted octanol–water partition coefficient (Wildman–Crippen LogP) is 2.85. The van der Waals surface area contributed by atoms with Crippen LogP contribution in [0, 0.1) is 17.6 Å². The summed E-state index contributed by atoms with van der Waals surface area (Å²) in [4.78, 5) is 45.3. The summed E-state index contributed by atoms with van der Waals surface area (Å²) in [5.74, 6) is -1.49. The van der Waals surface area contributed by atoms with E-state index in [0.29, 0.717) is 43.3 Å². The van der Waals surface area contributed by atoms with Gasteiger partial charge in [0.25, 0.3) is 5.56 Å². The molecule has 1 aliphatic rings. The molecule has 10 heteroatoms. The number of H-pyrrole nitrogens is 1.